The molecule has 1 nitrogen and oxygen atoms in total. The van der Waals surface area contributed by atoms with Gasteiger partial charge in [-0.25, -0.2) is 0 Å². The van der Waals surface area contributed by atoms with Gasteiger partial charge in [0.1, 0.15) is 0 Å². The fourth-order valence-corrected chi connectivity index (χ4v) is 1.89. The van der Waals surface area contributed by atoms with Crippen LogP contribution in [-0.4, -0.2) is 5.24 Å². The Balaban J connectivity index is 3.15. The van der Waals surface area contributed by atoms with Crippen molar-refractivity contribution >= 4 is 16.8 Å². The number of hydrogen-bond acceptors (Lipinski definition) is 1. The third-order valence-corrected chi connectivity index (χ3v) is 3.01. The van der Waals surface area contributed by atoms with Crippen LogP contribution in [0.1, 0.15) is 71.1 Å². The summed E-state index contributed by atoms with van der Waals surface area (Å²) in [5, 5.41) is -0.374. The second kappa shape index (κ2) is 14.5. The Morgan fingerprint density at radius 3 is 1.83 bits per heavy atom. The molecule has 0 saturated carbocycles. The maximum absolute atomic E-state index is 10.4. The number of allylic oxidation sites excluding steroid dienone is 4. The molecule has 0 N–H and O–H groups in total. The first-order valence-corrected chi connectivity index (χ1v) is 7.66. The summed E-state index contributed by atoms with van der Waals surface area (Å²) in [6.07, 6.45) is 20.3. The van der Waals surface area contributed by atoms with Crippen LogP contribution in [0, 0.1) is 0 Å². The molecule has 0 amide bonds. The molecule has 0 rings (SSSR count). The van der Waals surface area contributed by atoms with Crippen molar-refractivity contribution in [1.29, 1.82) is 0 Å². The predicted molar refractivity (Wildman–Crippen MR) is 81.0 cm³/mol. The summed E-state index contributed by atoms with van der Waals surface area (Å²) in [6.45, 7) is 2.24. The van der Waals surface area contributed by atoms with E-state index in [0.29, 0.717) is 0 Å². The van der Waals surface area contributed by atoms with Crippen molar-refractivity contribution < 1.29 is 4.79 Å². The van der Waals surface area contributed by atoms with E-state index in [1.165, 1.54) is 57.4 Å². The molecule has 18 heavy (non-hydrogen) atoms. The van der Waals surface area contributed by atoms with E-state index in [4.69, 9.17) is 11.6 Å². The Morgan fingerprint density at radius 2 is 1.33 bits per heavy atom. The number of carbonyl (C=O) groups is 1. The van der Waals surface area contributed by atoms with Gasteiger partial charge in [-0.15, -0.1) is 0 Å². The van der Waals surface area contributed by atoms with Gasteiger partial charge in [-0.2, -0.15) is 0 Å². The molecule has 0 bridgehead atoms. The zero-order valence-corrected chi connectivity index (χ0v) is 12.4. The lowest BCUT2D eigenvalue weighted by Crippen LogP contribution is -1.78. The second-order valence-corrected chi connectivity index (χ2v) is 5.04. The predicted octanol–water partition coefficient (Wildman–Crippen LogP) is 5.79. The molecule has 0 aromatic rings. The van der Waals surface area contributed by atoms with Crippen molar-refractivity contribution in [3.8, 4) is 0 Å². The van der Waals surface area contributed by atoms with Crippen LogP contribution in [0.3, 0.4) is 0 Å². The molecular weight excluding hydrogens is 244 g/mol. The van der Waals surface area contributed by atoms with Crippen molar-refractivity contribution in [2.24, 2.45) is 0 Å². The smallest absolute Gasteiger partial charge is 0.244 e. The highest BCUT2D eigenvalue weighted by molar-refractivity contribution is 6.66. The van der Waals surface area contributed by atoms with Gasteiger partial charge >= 0.3 is 0 Å². The molecule has 0 aliphatic heterocycles. The first-order valence-electron chi connectivity index (χ1n) is 7.28. The van der Waals surface area contributed by atoms with Gasteiger partial charge in [0, 0.05) is 0 Å². The highest BCUT2D eigenvalue weighted by atomic mass is 35.5. The molecule has 104 valence electrons. The van der Waals surface area contributed by atoms with Crippen LogP contribution in [0.25, 0.3) is 0 Å². The van der Waals surface area contributed by atoms with Crippen molar-refractivity contribution in [1.82, 2.24) is 0 Å². The summed E-state index contributed by atoms with van der Waals surface area (Å²) in [4.78, 5) is 10.4. The molecule has 0 spiro atoms. The average molecular weight is 271 g/mol. The van der Waals surface area contributed by atoms with E-state index in [1.54, 1.807) is 0 Å². The highest BCUT2D eigenvalue weighted by Gasteiger charge is 1.88. The molecule has 0 saturated heterocycles. The minimum atomic E-state index is -0.374. The largest absolute Gasteiger partial charge is 0.276 e. The third-order valence-electron chi connectivity index (χ3n) is 2.88. The topological polar surface area (TPSA) is 17.1 Å². The standard InChI is InChI=1S/C16H27ClO/c1-2-3-4-5-6-7-8-9-10-11-12-13-14-15-16(17)18/h7-8,14-15H,2-6,9-13H2,1H3/b8-7-,15-14+. The molecule has 0 atom stereocenters. The first kappa shape index (κ1) is 17.4. The summed E-state index contributed by atoms with van der Waals surface area (Å²) >= 11 is 5.19. The minimum absolute atomic E-state index is 0.374. The van der Waals surface area contributed by atoms with Crippen molar-refractivity contribution in [2.45, 2.75) is 71.1 Å². The number of unbranched alkanes of at least 4 members (excludes halogenated alkanes) is 8. The van der Waals surface area contributed by atoms with Crippen LogP contribution in [0.2, 0.25) is 0 Å². The summed E-state index contributed by atoms with van der Waals surface area (Å²) < 4.78 is 0. The van der Waals surface area contributed by atoms with Crippen molar-refractivity contribution in [3.05, 3.63) is 24.3 Å². The molecule has 0 aliphatic carbocycles. The maximum Gasteiger partial charge on any atom is 0.244 e. The molecule has 0 unspecified atom stereocenters. The van der Waals surface area contributed by atoms with Gasteiger partial charge in [0.05, 0.1) is 0 Å². The quantitative estimate of drug-likeness (QED) is 0.190. The summed E-state index contributed by atoms with van der Waals surface area (Å²) in [7, 11) is 0. The van der Waals surface area contributed by atoms with Gasteiger partial charge in [-0.1, -0.05) is 50.8 Å². The van der Waals surface area contributed by atoms with Gasteiger partial charge in [-0.3, -0.25) is 4.79 Å². The lowest BCUT2D eigenvalue weighted by Gasteiger charge is -1.96. The monoisotopic (exact) mass is 270 g/mol. The fraction of sp³-hybridized carbons (Fsp3) is 0.688. The van der Waals surface area contributed by atoms with Crippen LogP contribution in [-0.2, 0) is 4.79 Å². The fourth-order valence-electron chi connectivity index (χ4n) is 1.80. The van der Waals surface area contributed by atoms with E-state index in [1.807, 2.05) is 6.08 Å². The van der Waals surface area contributed by atoms with Gasteiger partial charge in [0.2, 0.25) is 5.24 Å². The van der Waals surface area contributed by atoms with Crippen LogP contribution in [0.5, 0.6) is 0 Å². The normalized spacial score (nSPS) is 11.7. The van der Waals surface area contributed by atoms with Crippen molar-refractivity contribution in [2.75, 3.05) is 0 Å². The van der Waals surface area contributed by atoms with Crippen LogP contribution < -0.4 is 0 Å². The van der Waals surface area contributed by atoms with E-state index in [-0.39, 0.29) is 5.24 Å². The van der Waals surface area contributed by atoms with E-state index >= 15 is 0 Å². The summed E-state index contributed by atoms with van der Waals surface area (Å²) in [6, 6.07) is 0. The molecule has 0 aromatic carbocycles. The summed E-state index contributed by atoms with van der Waals surface area (Å²) in [5.74, 6) is 0. The molecule has 0 aliphatic rings. The van der Waals surface area contributed by atoms with Crippen LogP contribution >= 0.6 is 11.6 Å². The summed E-state index contributed by atoms with van der Waals surface area (Å²) in [5.41, 5.74) is 0. The molecule has 0 aromatic heterocycles. The van der Waals surface area contributed by atoms with Gasteiger partial charge in [-0.05, 0) is 56.2 Å². The van der Waals surface area contributed by atoms with Crippen LogP contribution in [0.4, 0.5) is 0 Å². The number of carbonyl (C=O) groups excluding carboxylic acids is 1. The lowest BCUT2D eigenvalue weighted by molar-refractivity contribution is -0.107. The molecule has 0 radical (unpaired) electrons. The van der Waals surface area contributed by atoms with Crippen LogP contribution in [0.15, 0.2) is 24.3 Å². The molecule has 0 heterocycles. The minimum Gasteiger partial charge on any atom is -0.276 e. The number of rotatable bonds is 12. The van der Waals surface area contributed by atoms with Gasteiger partial charge in [0.15, 0.2) is 0 Å². The molecule has 2 heteroatoms. The van der Waals surface area contributed by atoms with E-state index in [0.717, 1.165) is 12.8 Å². The third kappa shape index (κ3) is 15.4. The first-order chi connectivity index (χ1) is 8.77. The van der Waals surface area contributed by atoms with E-state index < -0.39 is 0 Å². The van der Waals surface area contributed by atoms with Gasteiger partial charge < -0.3 is 0 Å². The average Bonchev–Trinajstić information content (AvgIpc) is 2.34. The van der Waals surface area contributed by atoms with E-state index in [9.17, 15) is 4.79 Å². The Morgan fingerprint density at radius 1 is 0.833 bits per heavy atom. The zero-order chi connectivity index (χ0) is 13.5. The maximum atomic E-state index is 10.4. The van der Waals surface area contributed by atoms with E-state index in [2.05, 4.69) is 19.1 Å². The molecule has 0 fully saturated rings. The Labute approximate surface area is 117 Å². The number of halogens is 1. The number of hydrogen-bond donors (Lipinski definition) is 0. The van der Waals surface area contributed by atoms with Gasteiger partial charge in [0.25, 0.3) is 0 Å². The van der Waals surface area contributed by atoms with Crippen molar-refractivity contribution in [3.63, 3.8) is 0 Å². The SMILES string of the molecule is CCCCCC/C=C\CCCCC/C=C/C(=O)Cl. The Bertz CT molecular complexity index is 243. The Hall–Kier alpha value is -0.560. The lowest BCUT2D eigenvalue weighted by atomic mass is 10.1. The Kier molecular flexibility index (Phi) is 14.0. The molecular formula is C16H27ClO. The highest BCUT2D eigenvalue weighted by Crippen LogP contribution is 2.07. The zero-order valence-electron chi connectivity index (χ0n) is 11.7. The second-order valence-electron chi connectivity index (χ2n) is 4.67.